The van der Waals surface area contributed by atoms with Crippen molar-refractivity contribution in [3.8, 4) is 0 Å². The Bertz CT molecular complexity index is 103. The fourth-order valence-electron chi connectivity index (χ4n) is 1.03. The molecule has 0 spiro atoms. The molecule has 0 rings (SSSR count). The molecule has 74 valence electrons. The van der Waals surface area contributed by atoms with Gasteiger partial charge in [-0.3, -0.25) is 0 Å². The lowest BCUT2D eigenvalue weighted by molar-refractivity contribution is 0.132. The van der Waals surface area contributed by atoms with Crippen LogP contribution >= 0.6 is 11.8 Å². The summed E-state index contributed by atoms with van der Waals surface area (Å²) in [7, 11) is 0. The molecule has 0 radical (unpaired) electrons. The van der Waals surface area contributed by atoms with E-state index >= 15 is 0 Å². The molecule has 0 amide bonds. The summed E-state index contributed by atoms with van der Waals surface area (Å²) in [6, 6.07) is 0.114. The summed E-state index contributed by atoms with van der Waals surface area (Å²) in [5.74, 6) is 0. The van der Waals surface area contributed by atoms with Gasteiger partial charge in [0.15, 0.2) is 0 Å². The Kier molecular flexibility index (Phi) is 8.01. The highest BCUT2D eigenvalue weighted by molar-refractivity contribution is 7.99. The minimum Gasteiger partial charge on any atom is -0.380 e. The van der Waals surface area contributed by atoms with E-state index in [2.05, 4.69) is 6.26 Å². The van der Waals surface area contributed by atoms with Crippen LogP contribution in [0.1, 0.15) is 13.3 Å². The normalized spacial score (nSPS) is 16.0. The molecule has 12 heavy (non-hydrogen) atoms. The fraction of sp³-hybridized carbons (Fsp3) is 1.00. The lowest BCUT2D eigenvalue weighted by atomic mass is 10.2. The molecule has 4 N–H and O–H groups in total. The Morgan fingerprint density at radius 1 is 1.50 bits per heavy atom. The van der Waals surface area contributed by atoms with E-state index < -0.39 is 0 Å². The van der Waals surface area contributed by atoms with Crippen LogP contribution in [-0.2, 0) is 4.74 Å². The summed E-state index contributed by atoms with van der Waals surface area (Å²) < 4.78 is 5.25. The molecule has 0 aliphatic carbocycles. The SMILES string of the molecule is CCOCC(N)C(CCN)SC. The summed E-state index contributed by atoms with van der Waals surface area (Å²) in [5, 5.41) is 0.432. The molecular weight excluding hydrogens is 172 g/mol. The van der Waals surface area contributed by atoms with Gasteiger partial charge in [-0.2, -0.15) is 11.8 Å². The van der Waals surface area contributed by atoms with E-state index in [0.29, 0.717) is 18.4 Å². The van der Waals surface area contributed by atoms with Gasteiger partial charge in [-0.15, -0.1) is 0 Å². The van der Waals surface area contributed by atoms with E-state index in [4.69, 9.17) is 16.2 Å². The van der Waals surface area contributed by atoms with Crippen LogP contribution in [0.15, 0.2) is 0 Å². The molecule has 0 aromatic carbocycles. The van der Waals surface area contributed by atoms with Crippen molar-refractivity contribution >= 4 is 11.8 Å². The average molecular weight is 192 g/mol. The molecule has 4 heteroatoms. The van der Waals surface area contributed by atoms with Crippen LogP contribution in [0.3, 0.4) is 0 Å². The summed E-state index contributed by atoms with van der Waals surface area (Å²) in [4.78, 5) is 0. The Balaban J connectivity index is 3.60. The fourth-order valence-corrected chi connectivity index (χ4v) is 1.83. The molecule has 0 saturated carbocycles. The summed E-state index contributed by atoms with van der Waals surface area (Å²) in [6.45, 7) is 4.05. The third-order valence-corrected chi connectivity index (χ3v) is 2.94. The summed E-state index contributed by atoms with van der Waals surface area (Å²) in [6.07, 6.45) is 3.03. The van der Waals surface area contributed by atoms with Gasteiger partial charge in [0.2, 0.25) is 0 Å². The lowest BCUT2D eigenvalue weighted by Gasteiger charge is -2.20. The van der Waals surface area contributed by atoms with Crippen LogP contribution in [0.4, 0.5) is 0 Å². The number of rotatable bonds is 7. The third-order valence-electron chi connectivity index (χ3n) is 1.75. The minimum absolute atomic E-state index is 0.114. The second-order valence-electron chi connectivity index (χ2n) is 2.67. The van der Waals surface area contributed by atoms with Crippen LogP contribution in [0, 0.1) is 0 Å². The van der Waals surface area contributed by atoms with Gasteiger partial charge in [0.1, 0.15) is 0 Å². The number of nitrogens with two attached hydrogens (primary N) is 2. The maximum Gasteiger partial charge on any atom is 0.0628 e. The summed E-state index contributed by atoms with van der Waals surface area (Å²) >= 11 is 1.77. The Morgan fingerprint density at radius 2 is 2.17 bits per heavy atom. The van der Waals surface area contributed by atoms with E-state index in [9.17, 15) is 0 Å². The zero-order valence-electron chi connectivity index (χ0n) is 7.95. The number of hydrogen-bond donors (Lipinski definition) is 2. The van der Waals surface area contributed by atoms with Gasteiger partial charge in [-0.05, 0) is 26.1 Å². The Morgan fingerprint density at radius 3 is 2.58 bits per heavy atom. The lowest BCUT2D eigenvalue weighted by Crippen LogP contribution is -2.38. The van der Waals surface area contributed by atoms with Gasteiger partial charge in [-0.1, -0.05) is 0 Å². The van der Waals surface area contributed by atoms with Crippen molar-refractivity contribution in [3.05, 3.63) is 0 Å². The highest BCUT2D eigenvalue weighted by Gasteiger charge is 2.15. The predicted octanol–water partition coefficient (Wildman–Crippen LogP) is 0.431. The Labute approximate surface area is 79.2 Å². The molecule has 3 nitrogen and oxygen atoms in total. The molecule has 0 aromatic rings. The second-order valence-corrected chi connectivity index (χ2v) is 3.75. The Hall–Kier alpha value is 0.230. The van der Waals surface area contributed by atoms with Crippen molar-refractivity contribution in [1.29, 1.82) is 0 Å². The molecule has 0 aromatic heterocycles. The van der Waals surface area contributed by atoms with E-state index in [1.54, 1.807) is 11.8 Å². The monoisotopic (exact) mass is 192 g/mol. The molecule has 2 atom stereocenters. The van der Waals surface area contributed by atoms with Gasteiger partial charge in [0.25, 0.3) is 0 Å². The van der Waals surface area contributed by atoms with Crippen LogP contribution < -0.4 is 11.5 Å². The third kappa shape index (κ3) is 4.98. The van der Waals surface area contributed by atoms with Crippen LogP contribution in [-0.4, -0.2) is 37.3 Å². The molecular formula is C8H20N2OS. The smallest absolute Gasteiger partial charge is 0.0628 e. The van der Waals surface area contributed by atoms with Crippen molar-refractivity contribution < 1.29 is 4.74 Å². The van der Waals surface area contributed by atoms with Gasteiger partial charge in [-0.25, -0.2) is 0 Å². The molecule has 0 aliphatic heterocycles. The maximum atomic E-state index is 5.90. The molecule has 2 unspecified atom stereocenters. The largest absolute Gasteiger partial charge is 0.380 e. The van der Waals surface area contributed by atoms with Crippen LogP contribution in [0.25, 0.3) is 0 Å². The molecule has 0 aliphatic rings. The van der Waals surface area contributed by atoms with Crippen molar-refractivity contribution in [2.75, 3.05) is 26.0 Å². The first-order valence-corrected chi connectivity index (χ1v) is 5.61. The first kappa shape index (κ1) is 12.2. The molecule has 0 bridgehead atoms. The first-order chi connectivity index (χ1) is 5.76. The van der Waals surface area contributed by atoms with Gasteiger partial charge in [0.05, 0.1) is 6.61 Å². The van der Waals surface area contributed by atoms with E-state index in [0.717, 1.165) is 13.0 Å². The molecule has 0 heterocycles. The van der Waals surface area contributed by atoms with Gasteiger partial charge >= 0.3 is 0 Å². The number of hydrogen-bond acceptors (Lipinski definition) is 4. The summed E-state index contributed by atoms with van der Waals surface area (Å²) in [5.41, 5.74) is 11.4. The minimum atomic E-state index is 0.114. The zero-order valence-corrected chi connectivity index (χ0v) is 8.77. The van der Waals surface area contributed by atoms with Crippen LogP contribution in [0.5, 0.6) is 0 Å². The van der Waals surface area contributed by atoms with Crippen molar-refractivity contribution in [3.63, 3.8) is 0 Å². The van der Waals surface area contributed by atoms with E-state index in [1.807, 2.05) is 6.92 Å². The highest BCUT2D eigenvalue weighted by atomic mass is 32.2. The van der Waals surface area contributed by atoms with Crippen molar-refractivity contribution in [2.45, 2.75) is 24.6 Å². The number of ether oxygens (including phenoxy) is 1. The maximum absolute atomic E-state index is 5.90. The predicted molar refractivity (Wildman–Crippen MR) is 55.4 cm³/mol. The van der Waals surface area contributed by atoms with Crippen LogP contribution in [0.2, 0.25) is 0 Å². The molecule has 0 fully saturated rings. The zero-order chi connectivity index (χ0) is 9.40. The number of thioether (sulfide) groups is 1. The molecule has 0 saturated heterocycles. The highest BCUT2D eigenvalue weighted by Crippen LogP contribution is 2.13. The average Bonchev–Trinajstić information content (AvgIpc) is 2.10. The van der Waals surface area contributed by atoms with Gasteiger partial charge in [0, 0.05) is 17.9 Å². The van der Waals surface area contributed by atoms with E-state index in [1.165, 1.54) is 0 Å². The second kappa shape index (κ2) is 7.86. The first-order valence-electron chi connectivity index (χ1n) is 4.32. The standard InChI is InChI=1S/C8H20N2OS/c1-3-11-6-7(10)8(12-2)4-5-9/h7-8H,3-6,9-10H2,1-2H3. The van der Waals surface area contributed by atoms with Crippen molar-refractivity contribution in [2.24, 2.45) is 11.5 Å². The quantitative estimate of drug-likeness (QED) is 0.614. The van der Waals surface area contributed by atoms with Gasteiger partial charge < -0.3 is 16.2 Å². The van der Waals surface area contributed by atoms with E-state index in [-0.39, 0.29) is 6.04 Å². The van der Waals surface area contributed by atoms with Crippen molar-refractivity contribution in [1.82, 2.24) is 0 Å². The topological polar surface area (TPSA) is 61.3 Å².